The van der Waals surface area contributed by atoms with E-state index in [9.17, 15) is 0 Å². The van der Waals surface area contributed by atoms with Gasteiger partial charge in [0, 0.05) is 0 Å². The van der Waals surface area contributed by atoms with Gasteiger partial charge in [-0.3, -0.25) is 0 Å². The molecule has 0 fully saturated rings. The third-order valence-corrected chi connectivity index (χ3v) is 12.2. The van der Waals surface area contributed by atoms with Gasteiger partial charge < -0.3 is 0 Å². The molecule has 0 atom stereocenters. The van der Waals surface area contributed by atoms with E-state index in [1.165, 1.54) is 5.75 Å². The molecule has 0 nitrogen and oxygen atoms in total. The molecule has 68 valence electrons. The van der Waals surface area contributed by atoms with Crippen molar-refractivity contribution in [1.29, 1.82) is 0 Å². The summed E-state index contributed by atoms with van der Waals surface area (Å²) in [6.45, 7) is 11.9. The first-order valence-corrected chi connectivity index (χ1v) is 9.40. The average molecular weight is 208 g/mol. The Bertz CT molecular complexity index is 116. The lowest BCUT2D eigenvalue weighted by atomic mass is 10.2. The Balaban J connectivity index is 4.00. The molecule has 0 radical (unpaired) electrons. The van der Waals surface area contributed by atoms with Crippen LogP contribution in [0.2, 0.25) is 18.1 Å². The van der Waals surface area contributed by atoms with Crippen LogP contribution < -0.4 is 0 Å². The summed E-state index contributed by atoms with van der Waals surface area (Å²) in [4.78, 5) is 0. The predicted molar refractivity (Wildman–Crippen MR) is 63.5 cm³/mol. The Kier molecular flexibility index (Phi) is 4.59. The van der Waals surface area contributed by atoms with E-state index in [-0.39, 0.29) is 0 Å². The molecule has 0 spiro atoms. The lowest BCUT2D eigenvalue weighted by Gasteiger charge is -2.35. The fourth-order valence-corrected chi connectivity index (χ4v) is 5.48. The Morgan fingerprint density at radius 1 is 1.27 bits per heavy atom. The maximum atomic E-state index is 4.23. The molecular weight excluding hydrogens is 188 g/mol. The highest BCUT2D eigenvalue weighted by Crippen LogP contribution is 2.43. The van der Waals surface area contributed by atoms with Gasteiger partial charge in [0.05, 0.1) is 0 Å². The lowest BCUT2D eigenvalue weighted by Crippen LogP contribution is -2.33. The largest absolute Gasteiger partial charge is 0.184 e. The molecule has 0 aromatic carbocycles. The summed E-state index contributed by atoms with van der Waals surface area (Å²) in [5, 5.41) is 0.514. The summed E-state index contributed by atoms with van der Waals surface area (Å²) < 4.78 is 0. The number of rotatable bonds is 3. The minimum atomic E-state index is -1.06. The van der Waals surface area contributed by atoms with E-state index >= 15 is 0 Å². The van der Waals surface area contributed by atoms with Crippen LogP contribution in [0.3, 0.4) is 0 Å². The maximum absolute atomic E-state index is 4.23. The standard InChI is InChI=1S/C8H20S2Si/c1-8(2,3)11(4,5)10-7-6-9/h9H,6-7H2,1-5H3. The third-order valence-electron chi connectivity index (χ3n) is 2.36. The lowest BCUT2D eigenvalue weighted by molar-refractivity contribution is 0.736. The molecule has 11 heavy (non-hydrogen) atoms. The summed E-state index contributed by atoms with van der Waals surface area (Å²) in [6.07, 6.45) is 0. The van der Waals surface area contributed by atoms with Crippen molar-refractivity contribution in [3.8, 4) is 0 Å². The normalized spacial score (nSPS) is 13.6. The van der Waals surface area contributed by atoms with Crippen molar-refractivity contribution in [1.82, 2.24) is 0 Å². The molecule has 0 amide bonds. The molecule has 0 aliphatic carbocycles. The Labute approximate surface area is 81.6 Å². The van der Waals surface area contributed by atoms with E-state index in [4.69, 9.17) is 0 Å². The summed E-state index contributed by atoms with van der Waals surface area (Å²) in [6, 6.07) is 0. The zero-order valence-electron chi connectivity index (χ0n) is 8.27. The van der Waals surface area contributed by atoms with Crippen LogP contribution in [0.4, 0.5) is 0 Å². The SMILES string of the molecule is CC(C)(C)[Si](C)(C)SCCS. The van der Waals surface area contributed by atoms with Crippen LogP contribution in [-0.4, -0.2) is 18.7 Å². The molecule has 0 aromatic heterocycles. The Hall–Kier alpha value is 0.917. The number of hydrogen-bond acceptors (Lipinski definition) is 2. The first-order valence-electron chi connectivity index (χ1n) is 4.06. The molecule has 0 heterocycles. The monoisotopic (exact) mass is 208 g/mol. The van der Waals surface area contributed by atoms with Gasteiger partial charge in [-0.2, -0.15) is 23.8 Å². The van der Waals surface area contributed by atoms with Gasteiger partial charge in [-0.15, -0.1) is 0 Å². The first kappa shape index (κ1) is 11.9. The van der Waals surface area contributed by atoms with Crippen molar-refractivity contribution >= 4 is 31.1 Å². The maximum Gasteiger partial charge on any atom is 0.116 e. The van der Waals surface area contributed by atoms with Crippen LogP contribution in [-0.2, 0) is 0 Å². The van der Waals surface area contributed by atoms with Crippen molar-refractivity contribution in [2.75, 3.05) is 11.5 Å². The van der Waals surface area contributed by atoms with Crippen LogP contribution in [0.1, 0.15) is 20.8 Å². The van der Waals surface area contributed by atoms with Crippen molar-refractivity contribution in [2.45, 2.75) is 38.9 Å². The van der Waals surface area contributed by atoms with Gasteiger partial charge in [-0.25, -0.2) is 0 Å². The highest BCUT2D eigenvalue weighted by molar-refractivity contribution is 8.29. The minimum Gasteiger partial charge on any atom is -0.184 e. The topological polar surface area (TPSA) is 0 Å². The highest BCUT2D eigenvalue weighted by Gasteiger charge is 2.35. The second kappa shape index (κ2) is 4.24. The zero-order valence-corrected chi connectivity index (χ0v) is 11.0. The van der Waals surface area contributed by atoms with Crippen molar-refractivity contribution in [3.63, 3.8) is 0 Å². The van der Waals surface area contributed by atoms with E-state index in [2.05, 4.69) is 57.7 Å². The second-order valence-corrected chi connectivity index (χ2v) is 13.9. The summed E-state index contributed by atoms with van der Waals surface area (Å²) in [5.41, 5.74) is 0. The van der Waals surface area contributed by atoms with Gasteiger partial charge >= 0.3 is 0 Å². The van der Waals surface area contributed by atoms with Crippen molar-refractivity contribution in [3.05, 3.63) is 0 Å². The Morgan fingerprint density at radius 2 is 1.73 bits per heavy atom. The molecule has 0 saturated heterocycles. The van der Waals surface area contributed by atoms with Gasteiger partial charge in [0.2, 0.25) is 0 Å². The summed E-state index contributed by atoms with van der Waals surface area (Å²) in [5.74, 6) is 2.22. The fourth-order valence-electron chi connectivity index (χ4n) is 0.517. The Morgan fingerprint density at radius 3 is 2.00 bits per heavy atom. The zero-order chi connectivity index (χ0) is 9.12. The van der Waals surface area contributed by atoms with Gasteiger partial charge in [0.15, 0.2) is 0 Å². The first-order chi connectivity index (χ1) is 4.81. The van der Waals surface area contributed by atoms with E-state index in [0.717, 1.165) is 5.75 Å². The van der Waals surface area contributed by atoms with Crippen LogP contribution in [0.25, 0.3) is 0 Å². The molecule has 0 bridgehead atoms. The molecule has 0 saturated carbocycles. The third kappa shape index (κ3) is 3.90. The van der Waals surface area contributed by atoms with Crippen molar-refractivity contribution < 1.29 is 0 Å². The van der Waals surface area contributed by atoms with Crippen LogP contribution in [0.15, 0.2) is 0 Å². The molecule has 0 N–H and O–H groups in total. The van der Waals surface area contributed by atoms with Crippen LogP contribution >= 0.6 is 23.8 Å². The molecule has 0 rings (SSSR count). The van der Waals surface area contributed by atoms with E-state index < -0.39 is 7.22 Å². The molecular formula is C8H20S2Si. The van der Waals surface area contributed by atoms with Gasteiger partial charge in [-0.1, -0.05) is 33.9 Å². The van der Waals surface area contributed by atoms with Crippen LogP contribution in [0, 0.1) is 0 Å². The van der Waals surface area contributed by atoms with Gasteiger partial charge in [0.1, 0.15) is 7.22 Å². The highest BCUT2D eigenvalue weighted by atomic mass is 32.4. The molecule has 0 aromatic rings. The summed E-state index contributed by atoms with van der Waals surface area (Å²) in [7, 11) is -1.06. The van der Waals surface area contributed by atoms with Gasteiger partial charge in [-0.05, 0) is 16.5 Å². The van der Waals surface area contributed by atoms with Crippen LogP contribution in [0.5, 0.6) is 0 Å². The van der Waals surface area contributed by atoms with E-state index in [1.807, 2.05) is 0 Å². The molecule has 0 unspecified atom stereocenters. The van der Waals surface area contributed by atoms with E-state index in [0.29, 0.717) is 5.04 Å². The predicted octanol–water partition coefficient (Wildman–Crippen LogP) is 3.65. The molecule has 0 aliphatic rings. The summed E-state index contributed by atoms with van der Waals surface area (Å²) >= 11 is 6.38. The smallest absolute Gasteiger partial charge is 0.116 e. The quantitative estimate of drug-likeness (QED) is 0.546. The molecule has 3 heteroatoms. The minimum absolute atomic E-state index is 0.514. The number of thiol groups is 1. The average Bonchev–Trinajstić information content (AvgIpc) is 1.81. The fraction of sp³-hybridized carbons (Fsp3) is 1.00. The second-order valence-electron chi connectivity index (χ2n) is 4.33. The van der Waals surface area contributed by atoms with Gasteiger partial charge in [0.25, 0.3) is 0 Å². The molecule has 0 aliphatic heterocycles. The van der Waals surface area contributed by atoms with Crippen molar-refractivity contribution in [2.24, 2.45) is 0 Å². The van der Waals surface area contributed by atoms with E-state index in [1.54, 1.807) is 0 Å². The number of hydrogen-bond donors (Lipinski definition) is 1.